The second kappa shape index (κ2) is 8.29. The van der Waals surface area contributed by atoms with E-state index in [4.69, 9.17) is 9.47 Å². The third kappa shape index (κ3) is 4.44. The number of phenols is 1. The van der Waals surface area contributed by atoms with Crippen LogP contribution < -0.4 is 0 Å². The molecule has 1 aliphatic heterocycles. The topological polar surface area (TPSA) is 85.2 Å². The lowest BCUT2D eigenvalue weighted by Gasteiger charge is -2.26. The smallest absolute Gasteiger partial charge is 0.306 e. The van der Waals surface area contributed by atoms with Gasteiger partial charge in [-0.2, -0.15) is 0 Å². The number of esters is 1. The molecule has 24 heavy (non-hydrogen) atoms. The van der Waals surface area contributed by atoms with Crippen LogP contribution in [0, 0.1) is 10.8 Å². The molecule has 1 unspecified atom stereocenters. The van der Waals surface area contributed by atoms with Crippen molar-refractivity contribution < 1.29 is 19.4 Å². The zero-order valence-corrected chi connectivity index (χ0v) is 13.8. The lowest BCUT2D eigenvalue weighted by molar-refractivity contribution is -0.144. The van der Waals surface area contributed by atoms with Crippen LogP contribution in [0.15, 0.2) is 47.4 Å². The Hall–Kier alpha value is -2.63. The van der Waals surface area contributed by atoms with Crippen molar-refractivity contribution in [2.75, 3.05) is 6.61 Å². The van der Waals surface area contributed by atoms with E-state index in [1.54, 1.807) is 12.3 Å². The lowest BCUT2D eigenvalue weighted by atomic mass is 9.90. The number of rotatable bonds is 6. The Morgan fingerprint density at radius 2 is 2.25 bits per heavy atom. The molecule has 0 fully saturated rings. The van der Waals surface area contributed by atoms with Crippen LogP contribution in [0.3, 0.4) is 0 Å². The zero-order chi connectivity index (χ0) is 17.5. The van der Waals surface area contributed by atoms with Crippen molar-refractivity contribution >= 4 is 11.7 Å². The molecule has 1 heterocycles. The van der Waals surface area contributed by atoms with Gasteiger partial charge in [-0.3, -0.25) is 4.79 Å². The van der Waals surface area contributed by atoms with E-state index in [0.29, 0.717) is 6.42 Å². The first-order valence-corrected chi connectivity index (χ1v) is 7.84. The summed E-state index contributed by atoms with van der Waals surface area (Å²) in [5.74, 6) is -0.457. The lowest BCUT2D eigenvalue weighted by Crippen LogP contribution is -2.23. The highest BCUT2D eigenvalue weighted by molar-refractivity contribution is 5.70. The number of nitroso groups, excluding NO2 is 1. The largest absolute Gasteiger partial charge is 0.506 e. The normalized spacial score (nSPS) is 21.3. The first kappa shape index (κ1) is 17.7. The highest BCUT2D eigenvalue weighted by Crippen LogP contribution is 2.28. The molecule has 128 valence electrons. The number of hydrogen-bond acceptors (Lipinski definition) is 6. The van der Waals surface area contributed by atoms with E-state index >= 15 is 0 Å². The van der Waals surface area contributed by atoms with Crippen LogP contribution in [0.4, 0.5) is 5.69 Å². The van der Waals surface area contributed by atoms with Gasteiger partial charge < -0.3 is 14.6 Å². The Bertz CT molecular complexity index is 665. The number of aromatic hydroxyl groups is 1. The molecule has 1 aromatic carbocycles. The summed E-state index contributed by atoms with van der Waals surface area (Å²) in [6.07, 6.45) is 6.13. The molecule has 6 heteroatoms. The third-order valence-electron chi connectivity index (χ3n) is 4.00. The molecule has 0 aliphatic carbocycles. The maximum atomic E-state index is 12.0. The molecule has 1 aromatic rings. The van der Waals surface area contributed by atoms with Gasteiger partial charge in [0.25, 0.3) is 0 Å². The maximum absolute atomic E-state index is 12.0. The first-order chi connectivity index (χ1) is 11.5. The van der Waals surface area contributed by atoms with Crippen molar-refractivity contribution in [1.29, 1.82) is 0 Å². The Kier molecular flexibility index (Phi) is 6.12. The van der Waals surface area contributed by atoms with Crippen molar-refractivity contribution in [2.24, 2.45) is 11.1 Å². The zero-order valence-electron chi connectivity index (χ0n) is 13.8. The fourth-order valence-electron chi connectivity index (χ4n) is 2.70. The summed E-state index contributed by atoms with van der Waals surface area (Å²) in [5, 5.41) is 12.1. The summed E-state index contributed by atoms with van der Waals surface area (Å²) in [6.45, 7) is 4.08. The van der Waals surface area contributed by atoms with Gasteiger partial charge in [0.1, 0.15) is 17.5 Å². The molecule has 0 radical (unpaired) electrons. The van der Waals surface area contributed by atoms with Crippen molar-refractivity contribution in [3.63, 3.8) is 0 Å². The maximum Gasteiger partial charge on any atom is 0.306 e. The molecular formula is C18H21NO5. The van der Waals surface area contributed by atoms with Gasteiger partial charge in [-0.05, 0) is 48.4 Å². The Morgan fingerprint density at radius 3 is 2.96 bits per heavy atom. The SMILES string of the molecule is C/C=C1/C(C)OC=C[C@H]1CC(=O)OCCc1ccc(O)c(N=O)c1. The van der Waals surface area contributed by atoms with Gasteiger partial charge in [0.05, 0.1) is 19.3 Å². The summed E-state index contributed by atoms with van der Waals surface area (Å²) in [6, 6.07) is 4.55. The molecule has 1 N–H and O–H groups in total. The highest BCUT2D eigenvalue weighted by Gasteiger charge is 2.24. The van der Waals surface area contributed by atoms with Crippen molar-refractivity contribution in [3.05, 3.63) is 52.7 Å². The molecule has 2 rings (SSSR count). The molecule has 0 aromatic heterocycles. The fourth-order valence-corrected chi connectivity index (χ4v) is 2.70. The van der Waals surface area contributed by atoms with E-state index in [-0.39, 0.29) is 42.5 Å². The van der Waals surface area contributed by atoms with E-state index in [1.165, 1.54) is 12.1 Å². The first-order valence-electron chi connectivity index (χ1n) is 7.84. The molecule has 0 spiro atoms. The third-order valence-corrected chi connectivity index (χ3v) is 4.00. The fraction of sp³-hybridized carbons (Fsp3) is 0.389. The van der Waals surface area contributed by atoms with Gasteiger partial charge in [-0.1, -0.05) is 12.1 Å². The molecule has 0 saturated carbocycles. The van der Waals surface area contributed by atoms with Crippen LogP contribution in [0.2, 0.25) is 0 Å². The van der Waals surface area contributed by atoms with Crippen LogP contribution in [0.1, 0.15) is 25.8 Å². The highest BCUT2D eigenvalue weighted by atomic mass is 16.5. The minimum Gasteiger partial charge on any atom is -0.506 e. The predicted octanol–water partition coefficient (Wildman–Crippen LogP) is 3.76. The molecule has 6 nitrogen and oxygen atoms in total. The monoisotopic (exact) mass is 331 g/mol. The molecule has 2 atom stereocenters. The molecule has 1 aliphatic rings. The number of phenolic OH excluding ortho intramolecular Hbond substituents is 1. The number of allylic oxidation sites excluding steroid dienone is 2. The van der Waals surface area contributed by atoms with Crippen molar-refractivity contribution in [3.8, 4) is 5.75 Å². The molecule has 0 saturated heterocycles. The van der Waals surface area contributed by atoms with E-state index in [2.05, 4.69) is 5.18 Å². The number of benzene rings is 1. The van der Waals surface area contributed by atoms with Crippen LogP contribution in [-0.4, -0.2) is 23.8 Å². The van der Waals surface area contributed by atoms with E-state index in [9.17, 15) is 14.8 Å². The number of ether oxygens (including phenoxy) is 2. The van der Waals surface area contributed by atoms with Gasteiger partial charge in [-0.15, -0.1) is 4.91 Å². The van der Waals surface area contributed by atoms with Gasteiger partial charge in [0.15, 0.2) is 0 Å². The van der Waals surface area contributed by atoms with Crippen LogP contribution in [0.25, 0.3) is 0 Å². The minimum atomic E-state index is -0.286. The van der Waals surface area contributed by atoms with Crippen molar-refractivity contribution in [1.82, 2.24) is 0 Å². The number of carbonyl (C=O) groups is 1. The average Bonchev–Trinajstić information content (AvgIpc) is 2.56. The molecule has 0 amide bonds. The van der Waals surface area contributed by atoms with E-state index in [0.717, 1.165) is 11.1 Å². The quantitative estimate of drug-likeness (QED) is 0.487. The summed E-state index contributed by atoms with van der Waals surface area (Å²) in [7, 11) is 0. The Morgan fingerprint density at radius 1 is 1.46 bits per heavy atom. The van der Waals surface area contributed by atoms with Gasteiger partial charge in [0, 0.05) is 12.3 Å². The number of nitrogens with zero attached hydrogens (tertiary/aromatic N) is 1. The molecule has 0 bridgehead atoms. The van der Waals surface area contributed by atoms with Gasteiger partial charge >= 0.3 is 5.97 Å². The second-order valence-corrected chi connectivity index (χ2v) is 5.59. The Labute approximate surface area is 140 Å². The minimum absolute atomic E-state index is 0.00853. The number of carbonyl (C=O) groups excluding carboxylic acids is 1. The summed E-state index contributed by atoms with van der Waals surface area (Å²) >= 11 is 0. The van der Waals surface area contributed by atoms with Gasteiger partial charge in [-0.25, -0.2) is 0 Å². The summed E-state index contributed by atoms with van der Waals surface area (Å²) in [5.41, 5.74) is 1.82. The summed E-state index contributed by atoms with van der Waals surface area (Å²) < 4.78 is 10.7. The van der Waals surface area contributed by atoms with Crippen LogP contribution in [-0.2, 0) is 20.7 Å². The standard InChI is InChI=1S/C18H21NO5/c1-3-15-12(2)23-9-7-14(15)11-18(21)24-8-6-13-4-5-17(20)16(10-13)19-22/h3-5,7,9-10,12,14,20H,6,8,11H2,1-2H3/b15-3-/t12?,14-/m0/s1. The second-order valence-electron chi connectivity index (χ2n) is 5.59. The van der Waals surface area contributed by atoms with E-state index < -0.39 is 0 Å². The van der Waals surface area contributed by atoms with Crippen LogP contribution >= 0.6 is 0 Å². The Balaban J connectivity index is 1.84. The van der Waals surface area contributed by atoms with Crippen molar-refractivity contribution in [2.45, 2.75) is 32.8 Å². The van der Waals surface area contributed by atoms with Crippen LogP contribution in [0.5, 0.6) is 5.75 Å². The predicted molar refractivity (Wildman–Crippen MR) is 89.8 cm³/mol. The molecular weight excluding hydrogens is 310 g/mol. The van der Waals surface area contributed by atoms with E-state index in [1.807, 2.05) is 26.0 Å². The number of hydrogen-bond donors (Lipinski definition) is 1. The summed E-state index contributed by atoms with van der Waals surface area (Å²) in [4.78, 5) is 22.6. The van der Waals surface area contributed by atoms with Gasteiger partial charge in [0.2, 0.25) is 0 Å². The average molecular weight is 331 g/mol.